The van der Waals surface area contributed by atoms with Gasteiger partial charge < -0.3 is 4.74 Å². The molecule has 2 nitrogen and oxygen atoms in total. The third kappa shape index (κ3) is 3.07. The monoisotopic (exact) mass is 311 g/mol. The third-order valence-electron chi connectivity index (χ3n) is 3.46. The van der Waals surface area contributed by atoms with Crippen LogP contribution < -0.4 is 4.74 Å². The normalized spacial score (nSPS) is 18.6. The van der Waals surface area contributed by atoms with Crippen LogP contribution in [0.2, 0.25) is 0 Å². The van der Waals surface area contributed by atoms with Gasteiger partial charge in [0.25, 0.3) is 0 Å². The maximum atomic E-state index is 5.95. The fraction of sp³-hybridized carbons (Fsp3) is 0.600. The molecule has 0 saturated heterocycles. The Morgan fingerprint density at radius 3 is 2.67 bits per heavy atom. The molecule has 1 heterocycles. The molecule has 0 aliphatic carbocycles. The average Bonchev–Trinajstić information content (AvgIpc) is 2.38. The molecule has 0 amide bonds. The highest BCUT2D eigenvalue weighted by molar-refractivity contribution is 9.10. The summed E-state index contributed by atoms with van der Waals surface area (Å²) in [7, 11) is 0. The van der Waals surface area contributed by atoms with Crippen LogP contribution in [0.3, 0.4) is 0 Å². The van der Waals surface area contributed by atoms with Crippen molar-refractivity contribution in [2.75, 3.05) is 19.7 Å². The molecular formula is C15H22BrNO. The highest BCUT2D eigenvalue weighted by Crippen LogP contribution is 2.33. The number of fused-ring (bicyclic) bond motifs is 1. The Morgan fingerprint density at radius 2 is 2.00 bits per heavy atom. The lowest BCUT2D eigenvalue weighted by Crippen LogP contribution is -2.44. The number of benzene rings is 1. The number of hydrogen-bond acceptors (Lipinski definition) is 2. The van der Waals surface area contributed by atoms with Crippen LogP contribution in [0.1, 0.15) is 32.3 Å². The van der Waals surface area contributed by atoms with Gasteiger partial charge in [0, 0.05) is 6.04 Å². The molecule has 100 valence electrons. The summed E-state index contributed by atoms with van der Waals surface area (Å²) >= 11 is 3.56. The molecule has 1 atom stereocenters. The fourth-order valence-electron chi connectivity index (χ4n) is 2.65. The van der Waals surface area contributed by atoms with Crippen molar-refractivity contribution in [1.82, 2.24) is 4.90 Å². The molecule has 0 radical (unpaired) electrons. The van der Waals surface area contributed by atoms with E-state index < -0.39 is 0 Å². The van der Waals surface area contributed by atoms with E-state index in [1.807, 2.05) is 0 Å². The maximum Gasteiger partial charge on any atom is 0.136 e. The lowest BCUT2D eigenvalue weighted by atomic mass is 10.0. The summed E-state index contributed by atoms with van der Waals surface area (Å²) < 4.78 is 7.03. The zero-order valence-electron chi connectivity index (χ0n) is 11.3. The molecule has 0 aromatic heterocycles. The average molecular weight is 312 g/mol. The van der Waals surface area contributed by atoms with Gasteiger partial charge in [0.15, 0.2) is 0 Å². The second-order valence-corrected chi connectivity index (χ2v) is 5.79. The molecule has 1 unspecified atom stereocenters. The molecule has 18 heavy (non-hydrogen) atoms. The maximum absolute atomic E-state index is 5.95. The van der Waals surface area contributed by atoms with Gasteiger partial charge >= 0.3 is 0 Å². The Labute approximate surface area is 118 Å². The van der Waals surface area contributed by atoms with Gasteiger partial charge in [-0.15, -0.1) is 0 Å². The number of hydrogen-bond donors (Lipinski definition) is 0. The SMILES string of the molecule is CCCN(CCC)C1COc2c(Br)cccc2C1. The van der Waals surface area contributed by atoms with Crippen LogP contribution in [0.15, 0.2) is 22.7 Å². The van der Waals surface area contributed by atoms with Crippen molar-refractivity contribution < 1.29 is 4.74 Å². The highest BCUT2D eigenvalue weighted by atomic mass is 79.9. The third-order valence-corrected chi connectivity index (χ3v) is 4.09. The summed E-state index contributed by atoms with van der Waals surface area (Å²) in [5.74, 6) is 1.04. The second kappa shape index (κ2) is 6.58. The summed E-state index contributed by atoms with van der Waals surface area (Å²) in [6, 6.07) is 6.86. The lowest BCUT2D eigenvalue weighted by Gasteiger charge is -2.35. The first-order valence-corrected chi connectivity index (χ1v) is 7.69. The van der Waals surface area contributed by atoms with Crippen LogP contribution in [0.5, 0.6) is 5.75 Å². The van der Waals surface area contributed by atoms with E-state index in [2.05, 4.69) is 52.9 Å². The Hall–Kier alpha value is -0.540. The van der Waals surface area contributed by atoms with E-state index in [4.69, 9.17) is 4.74 Å². The minimum absolute atomic E-state index is 0.534. The first kappa shape index (κ1) is 13.9. The molecule has 3 heteroatoms. The number of nitrogens with zero attached hydrogens (tertiary/aromatic N) is 1. The molecule has 1 aliphatic rings. The molecule has 0 fully saturated rings. The molecule has 0 bridgehead atoms. The molecule has 0 spiro atoms. The Balaban J connectivity index is 2.10. The van der Waals surface area contributed by atoms with Crippen molar-refractivity contribution in [3.05, 3.63) is 28.2 Å². The lowest BCUT2D eigenvalue weighted by molar-refractivity contribution is 0.118. The van der Waals surface area contributed by atoms with Gasteiger partial charge in [-0.05, 0) is 59.9 Å². The predicted octanol–water partition coefficient (Wildman–Crippen LogP) is 3.87. The van der Waals surface area contributed by atoms with Crippen molar-refractivity contribution >= 4 is 15.9 Å². The molecule has 1 aromatic carbocycles. The smallest absolute Gasteiger partial charge is 0.136 e. The standard InChI is InChI=1S/C15H22BrNO/c1-3-8-17(9-4-2)13-10-12-6-5-7-14(16)15(12)18-11-13/h5-7,13H,3-4,8-11H2,1-2H3. The van der Waals surface area contributed by atoms with Crippen LogP contribution in [0.4, 0.5) is 0 Å². The van der Waals surface area contributed by atoms with Crippen molar-refractivity contribution in [3.8, 4) is 5.75 Å². The van der Waals surface area contributed by atoms with E-state index in [9.17, 15) is 0 Å². The van der Waals surface area contributed by atoms with Gasteiger partial charge in [0.1, 0.15) is 12.4 Å². The van der Waals surface area contributed by atoms with Gasteiger partial charge in [-0.1, -0.05) is 26.0 Å². The second-order valence-electron chi connectivity index (χ2n) is 4.93. The Bertz CT molecular complexity index is 388. The summed E-state index contributed by atoms with van der Waals surface area (Å²) in [5.41, 5.74) is 1.33. The van der Waals surface area contributed by atoms with Crippen molar-refractivity contribution in [1.29, 1.82) is 0 Å². The van der Waals surface area contributed by atoms with Gasteiger partial charge in [0.2, 0.25) is 0 Å². The Kier molecular flexibility index (Phi) is 5.07. The van der Waals surface area contributed by atoms with Gasteiger partial charge in [-0.2, -0.15) is 0 Å². The predicted molar refractivity (Wildman–Crippen MR) is 79.3 cm³/mol. The number of para-hydroxylation sites is 1. The summed E-state index contributed by atoms with van der Waals surface area (Å²) in [6.07, 6.45) is 3.53. The largest absolute Gasteiger partial charge is 0.490 e. The summed E-state index contributed by atoms with van der Waals surface area (Å²) in [4.78, 5) is 2.57. The van der Waals surface area contributed by atoms with E-state index in [-0.39, 0.29) is 0 Å². The van der Waals surface area contributed by atoms with E-state index in [1.54, 1.807) is 0 Å². The number of ether oxygens (including phenoxy) is 1. The van der Waals surface area contributed by atoms with E-state index in [0.29, 0.717) is 6.04 Å². The number of halogens is 1. The van der Waals surface area contributed by atoms with Crippen molar-refractivity contribution in [3.63, 3.8) is 0 Å². The Morgan fingerprint density at radius 1 is 1.28 bits per heavy atom. The zero-order valence-corrected chi connectivity index (χ0v) is 12.9. The molecule has 0 N–H and O–H groups in total. The highest BCUT2D eigenvalue weighted by Gasteiger charge is 2.25. The van der Waals surface area contributed by atoms with Crippen LogP contribution in [0, 0.1) is 0 Å². The van der Waals surface area contributed by atoms with E-state index in [0.717, 1.165) is 23.2 Å². The first-order chi connectivity index (χ1) is 8.76. The van der Waals surface area contributed by atoms with Gasteiger partial charge in [0.05, 0.1) is 4.47 Å². The molecule has 2 rings (SSSR count). The summed E-state index contributed by atoms with van der Waals surface area (Å²) in [6.45, 7) is 7.65. The molecule has 1 aliphatic heterocycles. The van der Waals surface area contributed by atoms with Crippen LogP contribution in [0.25, 0.3) is 0 Å². The van der Waals surface area contributed by atoms with Crippen molar-refractivity contribution in [2.45, 2.75) is 39.2 Å². The minimum Gasteiger partial charge on any atom is -0.490 e. The fourth-order valence-corrected chi connectivity index (χ4v) is 3.18. The topological polar surface area (TPSA) is 12.5 Å². The van der Waals surface area contributed by atoms with E-state index >= 15 is 0 Å². The quantitative estimate of drug-likeness (QED) is 0.818. The first-order valence-electron chi connectivity index (χ1n) is 6.90. The molecular weight excluding hydrogens is 290 g/mol. The van der Waals surface area contributed by atoms with Gasteiger partial charge in [-0.25, -0.2) is 0 Å². The van der Waals surface area contributed by atoms with Crippen LogP contribution in [-0.2, 0) is 6.42 Å². The summed E-state index contributed by atoms with van der Waals surface area (Å²) in [5, 5.41) is 0. The molecule has 1 aromatic rings. The minimum atomic E-state index is 0.534. The molecule has 0 saturated carbocycles. The number of rotatable bonds is 5. The zero-order chi connectivity index (χ0) is 13.0. The van der Waals surface area contributed by atoms with Crippen molar-refractivity contribution in [2.24, 2.45) is 0 Å². The van der Waals surface area contributed by atoms with Gasteiger partial charge in [-0.3, -0.25) is 4.90 Å². The van der Waals surface area contributed by atoms with Crippen LogP contribution >= 0.6 is 15.9 Å². The van der Waals surface area contributed by atoms with E-state index in [1.165, 1.54) is 31.5 Å². The van der Waals surface area contributed by atoms with Crippen LogP contribution in [-0.4, -0.2) is 30.6 Å².